The first-order chi connectivity index (χ1) is 15.1. The highest BCUT2D eigenvalue weighted by atomic mass is 16.5. The summed E-state index contributed by atoms with van der Waals surface area (Å²) in [6.07, 6.45) is 3.19. The Hall–Kier alpha value is -3.42. The quantitative estimate of drug-likeness (QED) is 0.599. The van der Waals surface area contributed by atoms with E-state index in [4.69, 9.17) is 9.15 Å². The van der Waals surface area contributed by atoms with E-state index in [0.29, 0.717) is 49.5 Å². The predicted molar refractivity (Wildman–Crippen MR) is 116 cm³/mol. The number of aryl methyl sites for hydroxylation is 2. The van der Waals surface area contributed by atoms with Crippen LogP contribution in [0.3, 0.4) is 0 Å². The molecule has 0 saturated carbocycles. The van der Waals surface area contributed by atoms with Crippen LogP contribution in [0.2, 0.25) is 0 Å². The Morgan fingerprint density at radius 2 is 1.97 bits per heavy atom. The van der Waals surface area contributed by atoms with Gasteiger partial charge in [-0.25, -0.2) is 4.79 Å². The van der Waals surface area contributed by atoms with Gasteiger partial charge in [0, 0.05) is 31.6 Å². The topological polar surface area (TPSA) is 88.8 Å². The van der Waals surface area contributed by atoms with Crippen LogP contribution in [0.5, 0.6) is 5.75 Å². The molecule has 2 aromatic heterocycles. The summed E-state index contributed by atoms with van der Waals surface area (Å²) in [5.41, 5.74) is 2.16. The highest BCUT2D eigenvalue weighted by Gasteiger charge is 2.26. The molecule has 8 nitrogen and oxygen atoms in total. The van der Waals surface area contributed by atoms with Crippen molar-refractivity contribution in [1.29, 1.82) is 0 Å². The first-order valence-corrected chi connectivity index (χ1v) is 10.7. The van der Waals surface area contributed by atoms with Crippen molar-refractivity contribution in [1.82, 2.24) is 15.1 Å². The molecule has 8 heteroatoms. The average molecular weight is 420 g/mol. The van der Waals surface area contributed by atoms with Gasteiger partial charge in [-0.2, -0.15) is 5.10 Å². The summed E-state index contributed by atoms with van der Waals surface area (Å²) in [5, 5.41) is 9.40. The normalized spacial score (nSPS) is 15.9. The van der Waals surface area contributed by atoms with Crippen LogP contribution >= 0.6 is 0 Å². The van der Waals surface area contributed by atoms with Gasteiger partial charge in [-0.15, -0.1) is 5.10 Å². The third-order valence-electron chi connectivity index (χ3n) is 5.95. The molecule has 1 fully saturated rings. The van der Waals surface area contributed by atoms with Gasteiger partial charge < -0.3 is 19.0 Å². The molecule has 0 bridgehead atoms. The molecule has 1 aromatic carbocycles. The van der Waals surface area contributed by atoms with Crippen LogP contribution in [-0.4, -0.2) is 53.8 Å². The number of hydrogen-bond acceptors (Lipinski definition) is 7. The monoisotopic (exact) mass is 420 g/mol. The van der Waals surface area contributed by atoms with Gasteiger partial charge in [0.25, 0.3) is 5.91 Å². The number of para-hydroxylation sites is 1. The fourth-order valence-electron chi connectivity index (χ4n) is 4.32. The third-order valence-corrected chi connectivity index (χ3v) is 5.95. The zero-order chi connectivity index (χ0) is 21.4. The third kappa shape index (κ3) is 3.62. The fraction of sp³-hybridized carbons (Fsp3) is 0.391. The summed E-state index contributed by atoms with van der Waals surface area (Å²) in [4.78, 5) is 29.5. The number of carbonyl (C=O) groups is 1. The van der Waals surface area contributed by atoms with Gasteiger partial charge in [-0.3, -0.25) is 4.79 Å². The molecule has 0 unspecified atom stereocenters. The Bertz CT molecular complexity index is 1200. The second-order valence-electron chi connectivity index (χ2n) is 7.86. The van der Waals surface area contributed by atoms with Crippen molar-refractivity contribution in [3.05, 3.63) is 57.6 Å². The molecule has 1 aliphatic heterocycles. The lowest BCUT2D eigenvalue weighted by molar-refractivity contribution is 0.0742. The van der Waals surface area contributed by atoms with Crippen molar-refractivity contribution in [2.45, 2.75) is 26.2 Å². The van der Waals surface area contributed by atoms with Crippen molar-refractivity contribution in [3.8, 4) is 5.75 Å². The number of nitrogens with zero attached hydrogens (tertiary/aromatic N) is 4. The molecule has 0 spiro atoms. The van der Waals surface area contributed by atoms with Crippen molar-refractivity contribution in [3.63, 3.8) is 0 Å². The SMILES string of the molecule is CCOc1cccc2cc(C(=O)N3CCN(c4cc5c(nn4)CCC5)CC3)c(=O)oc12. The van der Waals surface area contributed by atoms with Crippen LogP contribution < -0.4 is 15.3 Å². The van der Waals surface area contributed by atoms with Crippen LogP contribution in [0, 0.1) is 0 Å². The van der Waals surface area contributed by atoms with Gasteiger partial charge in [-0.1, -0.05) is 12.1 Å². The number of benzene rings is 1. The summed E-state index contributed by atoms with van der Waals surface area (Å²) in [5.74, 6) is 1.05. The second-order valence-corrected chi connectivity index (χ2v) is 7.86. The van der Waals surface area contributed by atoms with Crippen LogP contribution in [0.4, 0.5) is 5.82 Å². The van der Waals surface area contributed by atoms with E-state index in [9.17, 15) is 9.59 Å². The number of aromatic nitrogens is 2. The fourth-order valence-corrected chi connectivity index (χ4v) is 4.32. The molecule has 160 valence electrons. The van der Waals surface area contributed by atoms with Crippen LogP contribution in [-0.2, 0) is 12.8 Å². The first-order valence-electron chi connectivity index (χ1n) is 10.7. The summed E-state index contributed by atoms with van der Waals surface area (Å²) in [7, 11) is 0. The Morgan fingerprint density at radius 3 is 2.77 bits per heavy atom. The Labute approximate surface area is 179 Å². The number of anilines is 1. The number of hydrogen-bond donors (Lipinski definition) is 0. The highest BCUT2D eigenvalue weighted by Crippen LogP contribution is 2.26. The maximum Gasteiger partial charge on any atom is 0.349 e. The molecule has 0 atom stereocenters. The van der Waals surface area contributed by atoms with Gasteiger partial charge >= 0.3 is 5.63 Å². The number of amides is 1. The van der Waals surface area contributed by atoms with Gasteiger partial charge in [0.1, 0.15) is 5.56 Å². The van der Waals surface area contributed by atoms with Crippen molar-refractivity contribution in [2.24, 2.45) is 0 Å². The molecule has 2 aliphatic rings. The minimum atomic E-state index is -0.642. The summed E-state index contributed by atoms with van der Waals surface area (Å²) < 4.78 is 11.0. The van der Waals surface area contributed by atoms with E-state index in [1.165, 1.54) is 5.56 Å². The number of ether oxygens (including phenoxy) is 1. The zero-order valence-electron chi connectivity index (χ0n) is 17.5. The lowest BCUT2D eigenvalue weighted by atomic mass is 10.1. The number of fused-ring (bicyclic) bond motifs is 2. The van der Waals surface area contributed by atoms with Gasteiger partial charge in [-0.05, 0) is 49.9 Å². The Kier molecular flexibility index (Phi) is 5.05. The van der Waals surface area contributed by atoms with E-state index in [0.717, 1.165) is 30.8 Å². The minimum Gasteiger partial charge on any atom is -0.490 e. The van der Waals surface area contributed by atoms with Crippen molar-refractivity contribution in [2.75, 3.05) is 37.7 Å². The maximum absolute atomic E-state index is 13.1. The molecule has 0 N–H and O–H groups in total. The summed E-state index contributed by atoms with van der Waals surface area (Å²) in [6, 6.07) is 9.10. The Morgan fingerprint density at radius 1 is 1.13 bits per heavy atom. The second kappa shape index (κ2) is 8.02. The number of piperazine rings is 1. The van der Waals surface area contributed by atoms with Crippen LogP contribution in [0.25, 0.3) is 11.0 Å². The van der Waals surface area contributed by atoms with E-state index >= 15 is 0 Å². The van der Waals surface area contributed by atoms with Crippen molar-refractivity contribution >= 4 is 22.7 Å². The first kappa shape index (κ1) is 19.5. The lowest BCUT2D eigenvalue weighted by Gasteiger charge is -2.35. The largest absolute Gasteiger partial charge is 0.490 e. The number of carbonyl (C=O) groups excluding carboxylic acids is 1. The molecule has 1 aliphatic carbocycles. The highest BCUT2D eigenvalue weighted by molar-refractivity contribution is 5.97. The predicted octanol–water partition coefficient (Wildman–Crippen LogP) is 2.43. The van der Waals surface area contributed by atoms with E-state index in [1.807, 2.05) is 19.1 Å². The zero-order valence-corrected chi connectivity index (χ0v) is 17.5. The minimum absolute atomic E-state index is 0.0481. The molecular weight excluding hydrogens is 396 g/mol. The number of rotatable bonds is 4. The molecular formula is C23H24N4O4. The van der Waals surface area contributed by atoms with Gasteiger partial charge in [0.15, 0.2) is 17.2 Å². The smallest absolute Gasteiger partial charge is 0.349 e. The standard InChI is InChI=1S/C23H24N4O4/c1-2-30-19-8-4-6-16-13-17(23(29)31-21(16)19)22(28)27-11-9-26(10-12-27)20-14-15-5-3-7-18(15)24-25-20/h4,6,8,13-14H,2-3,5,7,9-12H2,1H3. The average Bonchev–Trinajstić information content (AvgIpc) is 3.27. The van der Waals surface area contributed by atoms with Gasteiger partial charge in [0.05, 0.1) is 12.3 Å². The molecule has 5 rings (SSSR count). The van der Waals surface area contributed by atoms with Crippen LogP contribution in [0.1, 0.15) is 35.0 Å². The molecule has 1 saturated heterocycles. The maximum atomic E-state index is 13.1. The van der Waals surface area contributed by atoms with E-state index in [-0.39, 0.29) is 11.5 Å². The lowest BCUT2D eigenvalue weighted by Crippen LogP contribution is -2.49. The van der Waals surface area contributed by atoms with Crippen molar-refractivity contribution < 1.29 is 13.9 Å². The molecule has 31 heavy (non-hydrogen) atoms. The van der Waals surface area contributed by atoms with E-state index < -0.39 is 5.63 Å². The summed E-state index contributed by atoms with van der Waals surface area (Å²) in [6.45, 7) is 4.63. The summed E-state index contributed by atoms with van der Waals surface area (Å²) >= 11 is 0. The van der Waals surface area contributed by atoms with E-state index in [2.05, 4.69) is 21.2 Å². The molecule has 3 heterocycles. The molecule has 0 radical (unpaired) electrons. The van der Waals surface area contributed by atoms with E-state index in [1.54, 1.807) is 17.0 Å². The molecule has 3 aromatic rings. The Balaban J connectivity index is 1.33. The molecule has 1 amide bonds. The van der Waals surface area contributed by atoms with Gasteiger partial charge in [0.2, 0.25) is 0 Å². The van der Waals surface area contributed by atoms with Crippen LogP contribution in [0.15, 0.2) is 39.5 Å².